The minimum absolute atomic E-state index is 0.181. The van der Waals surface area contributed by atoms with Gasteiger partial charge < -0.3 is 15.4 Å². The van der Waals surface area contributed by atoms with E-state index in [9.17, 15) is 18.0 Å². The number of ether oxygens (including phenoxy) is 1. The van der Waals surface area contributed by atoms with Crippen molar-refractivity contribution in [3.63, 3.8) is 0 Å². The van der Waals surface area contributed by atoms with E-state index in [4.69, 9.17) is 4.74 Å². The number of alkyl carbamates (subject to hydrolysis) is 1. The molecule has 1 fully saturated rings. The number of fused-ring (bicyclic) bond motifs is 1. The SMILES string of the molecule is CC(C)(C)OC(=O)N[C@H](CC1CC1)C(=O)Nc1ccc(-c2ccnc3c2ccn3S(=O)(=O)c2ccccc2)cc1. The van der Waals surface area contributed by atoms with Crippen LogP contribution in [0.25, 0.3) is 22.2 Å². The van der Waals surface area contributed by atoms with Crippen LogP contribution < -0.4 is 10.6 Å². The van der Waals surface area contributed by atoms with E-state index in [2.05, 4.69) is 15.6 Å². The Morgan fingerprint density at radius 3 is 2.38 bits per heavy atom. The number of hydrogen-bond acceptors (Lipinski definition) is 6. The van der Waals surface area contributed by atoms with Gasteiger partial charge in [-0.1, -0.05) is 43.2 Å². The molecule has 1 atom stereocenters. The first-order valence-electron chi connectivity index (χ1n) is 13.2. The number of benzene rings is 2. The smallest absolute Gasteiger partial charge is 0.408 e. The van der Waals surface area contributed by atoms with E-state index in [-0.39, 0.29) is 10.8 Å². The van der Waals surface area contributed by atoms with E-state index < -0.39 is 27.8 Å². The molecule has 0 unspecified atom stereocenters. The molecule has 2 N–H and O–H groups in total. The van der Waals surface area contributed by atoms with Crippen molar-refractivity contribution in [2.45, 2.75) is 56.6 Å². The van der Waals surface area contributed by atoms with Crippen LogP contribution in [-0.2, 0) is 19.6 Å². The first-order chi connectivity index (χ1) is 19.0. The van der Waals surface area contributed by atoms with Gasteiger partial charge in [0.05, 0.1) is 4.90 Å². The lowest BCUT2D eigenvalue weighted by Gasteiger charge is -2.23. The average molecular weight is 561 g/mol. The summed E-state index contributed by atoms with van der Waals surface area (Å²) in [6, 6.07) is 18.3. The lowest BCUT2D eigenvalue weighted by atomic mass is 10.0. The van der Waals surface area contributed by atoms with Crippen LogP contribution in [0.1, 0.15) is 40.0 Å². The summed E-state index contributed by atoms with van der Waals surface area (Å²) >= 11 is 0. The van der Waals surface area contributed by atoms with E-state index in [1.165, 1.54) is 10.2 Å². The number of hydrogen-bond donors (Lipinski definition) is 2. The summed E-state index contributed by atoms with van der Waals surface area (Å²) in [5, 5.41) is 6.30. The molecule has 0 bridgehead atoms. The zero-order chi connectivity index (χ0) is 28.5. The molecule has 2 heterocycles. The van der Waals surface area contributed by atoms with Gasteiger partial charge >= 0.3 is 6.09 Å². The molecule has 4 aromatic rings. The summed E-state index contributed by atoms with van der Waals surface area (Å²) in [4.78, 5) is 29.9. The normalized spacial score (nSPS) is 14.5. The van der Waals surface area contributed by atoms with E-state index in [1.54, 1.807) is 75.5 Å². The zero-order valence-electron chi connectivity index (χ0n) is 22.6. The Hall–Kier alpha value is -4.18. The highest BCUT2D eigenvalue weighted by Crippen LogP contribution is 2.34. The number of anilines is 1. The summed E-state index contributed by atoms with van der Waals surface area (Å²) in [6.07, 6.45) is 5.12. The number of carbonyl (C=O) groups excluding carboxylic acids is 2. The maximum absolute atomic E-state index is 13.2. The van der Waals surface area contributed by atoms with Crippen molar-refractivity contribution in [3.05, 3.63) is 79.1 Å². The van der Waals surface area contributed by atoms with Crippen molar-refractivity contribution in [1.82, 2.24) is 14.3 Å². The van der Waals surface area contributed by atoms with Crippen molar-refractivity contribution < 1.29 is 22.7 Å². The van der Waals surface area contributed by atoms with Gasteiger partial charge in [0.25, 0.3) is 10.0 Å². The highest BCUT2D eigenvalue weighted by atomic mass is 32.2. The van der Waals surface area contributed by atoms with Crippen LogP contribution in [0.4, 0.5) is 10.5 Å². The molecular formula is C30H32N4O5S. The van der Waals surface area contributed by atoms with Crippen molar-refractivity contribution >= 4 is 38.7 Å². The lowest BCUT2D eigenvalue weighted by molar-refractivity contribution is -0.118. The van der Waals surface area contributed by atoms with Crippen molar-refractivity contribution in [1.29, 1.82) is 0 Å². The Bertz CT molecular complexity index is 1640. The topological polar surface area (TPSA) is 119 Å². The van der Waals surface area contributed by atoms with Gasteiger partial charge in [-0.25, -0.2) is 22.2 Å². The number of nitrogens with zero attached hydrogens (tertiary/aromatic N) is 2. The third-order valence-electron chi connectivity index (χ3n) is 6.59. The van der Waals surface area contributed by atoms with Crippen LogP contribution in [0, 0.1) is 5.92 Å². The lowest BCUT2D eigenvalue weighted by Crippen LogP contribution is -2.46. The Kier molecular flexibility index (Phi) is 7.37. The molecule has 0 aliphatic heterocycles. The van der Waals surface area contributed by atoms with Crippen molar-refractivity contribution in [2.75, 3.05) is 5.32 Å². The Labute approximate surface area is 233 Å². The van der Waals surface area contributed by atoms with Gasteiger partial charge in [0, 0.05) is 23.5 Å². The van der Waals surface area contributed by atoms with Gasteiger partial charge in [-0.3, -0.25) is 4.79 Å². The molecule has 40 heavy (non-hydrogen) atoms. The number of amides is 2. The molecule has 1 aliphatic carbocycles. The second kappa shape index (κ2) is 10.8. The molecule has 0 saturated heterocycles. The van der Waals surface area contributed by atoms with E-state index in [0.29, 0.717) is 29.1 Å². The number of rotatable bonds is 8. The van der Waals surface area contributed by atoms with E-state index in [1.807, 2.05) is 18.2 Å². The molecule has 2 amide bonds. The van der Waals surface area contributed by atoms with Crippen LogP contribution in [0.3, 0.4) is 0 Å². The van der Waals surface area contributed by atoms with Gasteiger partial charge in [0.1, 0.15) is 11.6 Å². The van der Waals surface area contributed by atoms with E-state index in [0.717, 1.165) is 24.0 Å². The number of carbonyl (C=O) groups is 2. The molecule has 1 saturated carbocycles. The van der Waals surface area contributed by atoms with Gasteiger partial charge in [0.2, 0.25) is 5.91 Å². The van der Waals surface area contributed by atoms with Gasteiger partial charge in [-0.2, -0.15) is 0 Å². The monoisotopic (exact) mass is 560 g/mol. The maximum atomic E-state index is 13.2. The van der Waals surface area contributed by atoms with Crippen LogP contribution in [0.5, 0.6) is 0 Å². The number of aromatic nitrogens is 2. The largest absolute Gasteiger partial charge is 0.444 e. The van der Waals surface area contributed by atoms with Crippen LogP contribution in [0.2, 0.25) is 0 Å². The summed E-state index contributed by atoms with van der Waals surface area (Å²) in [7, 11) is -3.81. The fourth-order valence-corrected chi connectivity index (χ4v) is 5.82. The third kappa shape index (κ3) is 6.17. The second-order valence-corrected chi connectivity index (χ2v) is 12.8. The summed E-state index contributed by atoms with van der Waals surface area (Å²) in [6.45, 7) is 5.33. The van der Waals surface area contributed by atoms with Crippen molar-refractivity contribution in [3.8, 4) is 11.1 Å². The molecule has 208 valence electrons. The van der Waals surface area contributed by atoms with Gasteiger partial charge in [-0.15, -0.1) is 0 Å². The quantitative estimate of drug-likeness (QED) is 0.291. The van der Waals surface area contributed by atoms with Gasteiger partial charge in [-0.05, 0) is 80.6 Å². The van der Waals surface area contributed by atoms with Crippen molar-refractivity contribution in [2.24, 2.45) is 5.92 Å². The summed E-state index contributed by atoms with van der Waals surface area (Å²) in [5.74, 6) is 0.111. The highest BCUT2D eigenvalue weighted by molar-refractivity contribution is 7.90. The Morgan fingerprint density at radius 2 is 1.73 bits per heavy atom. The zero-order valence-corrected chi connectivity index (χ0v) is 23.4. The molecule has 1 aliphatic rings. The fourth-order valence-electron chi connectivity index (χ4n) is 4.50. The van der Waals surface area contributed by atoms with E-state index >= 15 is 0 Å². The molecule has 10 heteroatoms. The van der Waals surface area contributed by atoms with Crippen LogP contribution >= 0.6 is 0 Å². The summed E-state index contributed by atoms with van der Waals surface area (Å²) in [5.41, 5.74) is 1.89. The Morgan fingerprint density at radius 1 is 1.02 bits per heavy atom. The fraction of sp³-hybridized carbons (Fsp3) is 0.300. The Balaban J connectivity index is 1.34. The molecule has 0 radical (unpaired) electrons. The molecule has 5 rings (SSSR count). The highest BCUT2D eigenvalue weighted by Gasteiger charge is 2.31. The number of pyridine rings is 1. The maximum Gasteiger partial charge on any atom is 0.408 e. The molecule has 2 aromatic carbocycles. The number of nitrogens with one attached hydrogen (secondary N) is 2. The molecule has 0 spiro atoms. The molecular weight excluding hydrogens is 528 g/mol. The van der Waals surface area contributed by atoms with Crippen LogP contribution in [0.15, 0.2) is 84.0 Å². The first-order valence-corrected chi connectivity index (χ1v) is 14.6. The first kappa shape index (κ1) is 27.4. The summed E-state index contributed by atoms with van der Waals surface area (Å²) < 4.78 is 33.0. The standard InChI is InChI=1S/C30H32N4O5S/c1-30(2,3)39-29(36)33-26(19-20-9-10-20)28(35)32-22-13-11-21(12-14-22)24-15-17-31-27-25(24)16-18-34(27)40(37,38)23-7-5-4-6-8-23/h4-8,11-18,20,26H,9-10,19H2,1-3H3,(H,32,35)(H,33,36)/t26-/m1/s1. The molecule has 9 nitrogen and oxygen atoms in total. The minimum atomic E-state index is -3.81. The third-order valence-corrected chi connectivity index (χ3v) is 8.27. The van der Waals surface area contributed by atoms with Crippen LogP contribution in [-0.4, -0.2) is 41.0 Å². The predicted octanol–water partition coefficient (Wildman–Crippen LogP) is 5.57. The molecule has 2 aromatic heterocycles. The average Bonchev–Trinajstić information content (AvgIpc) is 3.62. The second-order valence-electron chi connectivity index (χ2n) is 11.0. The predicted molar refractivity (Wildman–Crippen MR) is 153 cm³/mol. The van der Waals surface area contributed by atoms with Gasteiger partial charge in [0.15, 0.2) is 5.65 Å². The minimum Gasteiger partial charge on any atom is -0.444 e.